The summed E-state index contributed by atoms with van der Waals surface area (Å²) in [6.07, 6.45) is 3.60. The summed E-state index contributed by atoms with van der Waals surface area (Å²) in [4.78, 5) is 4.43. The standard InChI is InChI=1S/C15H19N3O2/c16-10-12-7-8-13(19-12)15-17-14(18-20-15)9-6-11-4-2-1-3-5-11/h1-5,12-13H,6-10,16H2/t12-,13-/m1/s1. The Morgan fingerprint density at radius 3 is 2.75 bits per heavy atom. The summed E-state index contributed by atoms with van der Waals surface area (Å²) in [6.45, 7) is 0.547. The number of ether oxygens (including phenoxy) is 1. The Balaban J connectivity index is 1.57. The minimum absolute atomic E-state index is 0.0819. The first kappa shape index (κ1) is 13.3. The zero-order valence-electron chi connectivity index (χ0n) is 11.4. The Morgan fingerprint density at radius 2 is 2.00 bits per heavy atom. The SMILES string of the molecule is NC[C@H]1CC[C@H](c2nc(CCc3ccccc3)no2)O1. The van der Waals surface area contributed by atoms with Gasteiger partial charge in [-0.2, -0.15) is 4.98 Å². The number of nitrogens with two attached hydrogens (primary N) is 1. The average Bonchev–Trinajstić information content (AvgIpc) is 3.15. The molecular weight excluding hydrogens is 254 g/mol. The zero-order valence-corrected chi connectivity index (χ0v) is 11.4. The number of aryl methyl sites for hydroxylation is 2. The molecule has 2 heterocycles. The quantitative estimate of drug-likeness (QED) is 0.902. The van der Waals surface area contributed by atoms with E-state index in [-0.39, 0.29) is 12.2 Å². The lowest BCUT2D eigenvalue weighted by molar-refractivity contribution is 0.0307. The molecule has 1 aliphatic rings. The third kappa shape index (κ3) is 3.05. The topological polar surface area (TPSA) is 74.2 Å². The Bertz CT molecular complexity index is 541. The van der Waals surface area contributed by atoms with E-state index in [9.17, 15) is 0 Å². The van der Waals surface area contributed by atoms with Crippen molar-refractivity contribution < 1.29 is 9.26 Å². The highest BCUT2D eigenvalue weighted by atomic mass is 16.5. The molecule has 1 aromatic heterocycles. The van der Waals surface area contributed by atoms with E-state index < -0.39 is 0 Å². The summed E-state index contributed by atoms with van der Waals surface area (Å²) in [7, 11) is 0. The lowest BCUT2D eigenvalue weighted by Gasteiger charge is -2.07. The predicted octanol–water partition coefficient (Wildman–Crippen LogP) is 2.03. The van der Waals surface area contributed by atoms with Crippen molar-refractivity contribution in [2.45, 2.75) is 37.9 Å². The Hall–Kier alpha value is -1.72. The van der Waals surface area contributed by atoms with E-state index in [1.54, 1.807) is 0 Å². The highest BCUT2D eigenvalue weighted by Gasteiger charge is 2.29. The molecule has 0 bridgehead atoms. The second-order valence-corrected chi connectivity index (χ2v) is 5.09. The predicted molar refractivity (Wildman–Crippen MR) is 74.1 cm³/mol. The van der Waals surface area contributed by atoms with Crippen LogP contribution in [0.3, 0.4) is 0 Å². The van der Waals surface area contributed by atoms with E-state index in [2.05, 4.69) is 22.3 Å². The molecule has 2 N–H and O–H groups in total. The minimum Gasteiger partial charge on any atom is -0.364 e. The van der Waals surface area contributed by atoms with Gasteiger partial charge in [-0.3, -0.25) is 0 Å². The number of nitrogens with zero attached hydrogens (tertiary/aromatic N) is 2. The summed E-state index contributed by atoms with van der Waals surface area (Å²) in [5.74, 6) is 1.33. The fraction of sp³-hybridized carbons (Fsp3) is 0.467. The third-order valence-corrected chi connectivity index (χ3v) is 3.61. The van der Waals surface area contributed by atoms with Gasteiger partial charge in [0.25, 0.3) is 5.89 Å². The van der Waals surface area contributed by atoms with Gasteiger partial charge in [-0.15, -0.1) is 0 Å². The number of hydrogen-bond donors (Lipinski definition) is 1. The summed E-state index contributed by atoms with van der Waals surface area (Å²) < 4.78 is 11.1. The molecule has 0 saturated carbocycles. The number of rotatable bonds is 5. The van der Waals surface area contributed by atoms with E-state index in [1.165, 1.54) is 5.56 Å². The van der Waals surface area contributed by atoms with Gasteiger partial charge >= 0.3 is 0 Å². The van der Waals surface area contributed by atoms with Crippen LogP contribution >= 0.6 is 0 Å². The lowest BCUT2D eigenvalue weighted by Crippen LogP contribution is -2.18. The van der Waals surface area contributed by atoms with Crippen molar-refractivity contribution in [3.63, 3.8) is 0 Å². The first-order valence-electron chi connectivity index (χ1n) is 7.07. The number of benzene rings is 1. The van der Waals surface area contributed by atoms with Crippen LogP contribution in [0.1, 0.15) is 36.2 Å². The molecule has 0 spiro atoms. The smallest absolute Gasteiger partial charge is 0.255 e. The highest BCUT2D eigenvalue weighted by Crippen LogP contribution is 2.31. The van der Waals surface area contributed by atoms with Crippen LogP contribution in [0.2, 0.25) is 0 Å². The van der Waals surface area contributed by atoms with Gasteiger partial charge in [-0.25, -0.2) is 0 Å². The van der Waals surface area contributed by atoms with Gasteiger partial charge in [0.05, 0.1) is 6.10 Å². The van der Waals surface area contributed by atoms with Crippen LogP contribution in [0.15, 0.2) is 34.9 Å². The van der Waals surface area contributed by atoms with Gasteiger partial charge in [-0.05, 0) is 24.8 Å². The van der Waals surface area contributed by atoms with E-state index >= 15 is 0 Å². The normalized spacial score (nSPS) is 22.2. The van der Waals surface area contributed by atoms with Crippen LogP contribution in [0.4, 0.5) is 0 Å². The molecule has 2 atom stereocenters. The van der Waals surface area contributed by atoms with E-state index in [4.69, 9.17) is 15.0 Å². The van der Waals surface area contributed by atoms with Crippen LogP contribution in [-0.4, -0.2) is 22.8 Å². The van der Waals surface area contributed by atoms with Gasteiger partial charge in [0, 0.05) is 13.0 Å². The molecule has 5 heteroatoms. The second-order valence-electron chi connectivity index (χ2n) is 5.09. The van der Waals surface area contributed by atoms with Crippen LogP contribution in [-0.2, 0) is 17.6 Å². The number of aromatic nitrogens is 2. The molecule has 1 fully saturated rings. The van der Waals surface area contributed by atoms with E-state index in [0.29, 0.717) is 12.4 Å². The van der Waals surface area contributed by atoms with Crippen LogP contribution in [0, 0.1) is 0 Å². The first-order valence-corrected chi connectivity index (χ1v) is 7.07. The van der Waals surface area contributed by atoms with Crippen molar-refractivity contribution in [2.75, 3.05) is 6.54 Å². The Labute approximate surface area is 118 Å². The van der Waals surface area contributed by atoms with Crippen LogP contribution in [0.5, 0.6) is 0 Å². The molecule has 0 radical (unpaired) electrons. The van der Waals surface area contributed by atoms with Crippen molar-refractivity contribution in [1.29, 1.82) is 0 Å². The third-order valence-electron chi connectivity index (χ3n) is 3.61. The molecule has 3 rings (SSSR count). The van der Waals surface area contributed by atoms with Gasteiger partial charge < -0.3 is 15.0 Å². The maximum atomic E-state index is 5.75. The van der Waals surface area contributed by atoms with Gasteiger partial charge in [0.2, 0.25) is 0 Å². The summed E-state index contributed by atoms with van der Waals surface area (Å²) in [6, 6.07) is 10.3. The second kappa shape index (κ2) is 6.15. The molecule has 2 aromatic rings. The van der Waals surface area contributed by atoms with Crippen molar-refractivity contribution in [2.24, 2.45) is 5.73 Å². The van der Waals surface area contributed by atoms with Gasteiger partial charge in [0.15, 0.2) is 5.82 Å². The summed E-state index contributed by atoms with van der Waals surface area (Å²) >= 11 is 0. The summed E-state index contributed by atoms with van der Waals surface area (Å²) in [5.41, 5.74) is 6.88. The van der Waals surface area contributed by atoms with Crippen molar-refractivity contribution in [3.8, 4) is 0 Å². The zero-order chi connectivity index (χ0) is 13.8. The molecule has 106 valence electrons. The van der Waals surface area contributed by atoms with Gasteiger partial charge in [-0.1, -0.05) is 35.5 Å². The maximum Gasteiger partial charge on any atom is 0.255 e. The fourth-order valence-electron chi connectivity index (χ4n) is 2.46. The Kier molecular flexibility index (Phi) is 4.08. The van der Waals surface area contributed by atoms with E-state index in [1.807, 2.05) is 18.2 Å². The molecule has 1 saturated heterocycles. The van der Waals surface area contributed by atoms with Crippen LogP contribution in [0.25, 0.3) is 0 Å². The molecule has 5 nitrogen and oxygen atoms in total. The number of hydrogen-bond acceptors (Lipinski definition) is 5. The molecule has 0 unspecified atom stereocenters. The highest BCUT2D eigenvalue weighted by molar-refractivity contribution is 5.15. The molecular formula is C15H19N3O2. The monoisotopic (exact) mass is 273 g/mol. The summed E-state index contributed by atoms with van der Waals surface area (Å²) in [5, 5.41) is 4.03. The molecule has 0 aliphatic carbocycles. The average molecular weight is 273 g/mol. The minimum atomic E-state index is -0.0819. The maximum absolute atomic E-state index is 5.75. The van der Waals surface area contributed by atoms with Gasteiger partial charge in [0.1, 0.15) is 6.10 Å². The molecule has 0 amide bonds. The lowest BCUT2D eigenvalue weighted by atomic mass is 10.1. The van der Waals surface area contributed by atoms with Crippen molar-refractivity contribution in [1.82, 2.24) is 10.1 Å². The van der Waals surface area contributed by atoms with Crippen molar-refractivity contribution >= 4 is 0 Å². The molecule has 1 aromatic carbocycles. The molecule has 1 aliphatic heterocycles. The van der Waals surface area contributed by atoms with Crippen molar-refractivity contribution in [3.05, 3.63) is 47.6 Å². The largest absolute Gasteiger partial charge is 0.364 e. The first-order chi connectivity index (χ1) is 9.85. The molecule has 20 heavy (non-hydrogen) atoms. The van der Waals surface area contributed by atoms with Crippen LogP contribution < -0.4 is 5.73 Å². The van der Waals surface area contributed by atoms with E-state index in [0.717, 1.165) is 31.5 Å². The Morgan fingerprint density at radius 1 is 1.15 bits per heavy atom. The fourth-order valence-corrected chi connectivity index (χ4v) is 2.46.